The summed E-state index contributed by atoms with van der Waals surface area (Å²) in [6, 6.07) is 17.8. The summed E-state index contributed by atoms with van der Waals surface area (Å²) < 4.78 is 2.17. The minimum Gasteiger partial charge on any atom is -0.335 e. The number of amides is 2. The minimum absolute atomic E-state index is 0.130. The third kappa shape index (κ3) is 4.11. The molecule has 0 aliphatic carbocycles. The summed E-state index contributed by atoms with van der Waals surface area (Å²) in [6.07, 6.45) is 1.90. The number of hydrogen-bond donors (Lipinski definition) is 2. The molecule has 1 fully saturated rings. The van der Waals surface area contributed by atoms with E-state index < -0.39 is 0 Å². The lowest BCUT2D eigenvalue weighted by Gasteiger charge is -2.32. The predicted octanol–water partition coefficient (Wildman–Crippen LogP) is 3.36. The first kappa shape index (κ1) is 17.5. The van der Waals surface area contributed by atoms with Crippen molar-refractivity contribution < 1.29 is 4.79 Å². The fraction of sp³-hybridized carbons (Fsp3) is 0.333. The Bertz CT molecular complexity index is 913. The van der Waals surface area contributed by atoms with Crippen LogP contribution >= 0.6 is 0 Å². The van der Waals surface area contributed by atoms with Crippen LogP contribution in [0.4, 0.5) is 10.5 Å². The maximum absolute atomic E-state index is 12.1. The lowest BCUT2D eigenvalue weighted by Crippen LogP contribution is -2.45. The van der Waals surface area contributed by atoms with Crippen LogP contribution in [0.5, 0.6) is 0 Å². The van der Waals surface area contributed by atoms with E-state index in [0.29, 0.717) is 0 Å². The molecule has 1 aliphatic heterocycles. The lowest BCUT2D eigenvalue weighted by molar-refractivity contribution is 0.185. The number of nitrogens with zero attached hydrogens (tertiary/aromatic N) is 3. The number of carbonyl (C=O) groups is 1. The van der Waals surface area contributed by atoms with Crippen molar-refractivity contribution in [1.29, 1.82) is 0 Å². The Labute approximate surface area is 159 Å². The first-order valence-corrected chi connectivity index (χ1v) is 9.44. The lowest BCUT2D eigenvalue weighted by atomic mass is 10.1. The quantitative estimate of drug-likeness (QED) is 0.747. The number of hydrogen-bond acceptors (Lipinski definition) is 3. The highest BCUT2D eigenvalue weighted by molar-refractivity contribution is 5.89. The van der Waals surface area contributed by atoms with E-state index in [2.05, 4.69) is 39.3 Å². The van der Waals surface area contributed by atoms with Gasteiger partial charge in [0.05, 0.1) is 17.6 Å². The van der Waals surface area contributed by atoms with Gasteiger partial charge in [-0.1, -0.05) is 30.3 Å². The van der Waals surface area contributed by atoms with Crippen LogP contribution in [0.2, 0.25) is 0 Å². The molecule has 4 rings (SSSR count). The normalized spacial score (nSPS) is 15.7. The second-order valence-electron chi connectivity index (χ2n) is 7.09. The van der Waals surface area contributed by atoms with Gasteiger partial charge in [-0.2, -0.15) is 0 Å². The number of para-hydroxylation sites is 3. The molecule has 2 amide bonds. The average Bonchev–Trinajstić information content (AvgIpc) is 3.00. The zero-order valence-corrected chi connectivity index (χ0v) is 15.6. The van der Waals surface area contributed by atoms with Crippen molar-refractivity contribution in [3.05, 3.63) is 60.4 Å². The fourth-order valence-corrected chi connectivity index (χ4v) is 3.65. The highest BCUT2D eigenvalue weighted by atomic mass is 16.2. The van der Waals surface area contributed by atoms with E-state index in [9.17, 15) is 4.79 Å². The highest BCUT2D eigenvalue weighted by Crippen LogP contribution is 2.18. The van der Waals surface area contributed by atoms with Gasteiger partial charge in [-0.05, 0) is 37.1 Å². The van der Waals surface area contributed by atoms with E-state index >= 15 is 0 Å². The van der Waals surface area contributed by atoms with E-state index in [1.54, 1.807) is 0 Å². The molecule has 2 N–H and O–H groups in total. The van der Waals surface area contributed by atoms with Crippen LogP contribution in [0.15, 0.2) is 54.6 Å². The molecule has 6 nitrogen and oxygen atoms in total. The van der Waals surface area contributed by atoms with Crippen LogP contribution in [0.1, 0.15) is 18.7 Å². The average molecular weight is 363 g/mol. The van der Waals surface area contributed by atoms with Gasteiger partial charge in [0.15, 0.2) is 0 Å². The smallest absolute Gasteiger partial charge is 0.319 e. The van der Waals surface area contributed by atoms with Gasteiger partial charge in [-0.3, -0.25) is 4.90 Å². The summed E-state index contributed by atoms with van der Waals surface area (Å²) in [7, 11) is 2.08. The van der Waals surface area contributed by atoms with Crippen molar-refractivity contribution in [2.24, 2.45) is 7.05 Å². The van der Waals surface area contributed by atoms with Gasteiger partial charge < -0.3 is 15.2 Å². The number of nitrogens with one attached hydrogen (secondary N) is 2. The molecule has 0 unspecified atom stereocenters. The number of urea groups is 1. The summed E-state index contributed by atoms with van der Waals surface area (Å²) in [6.45, 7) is 2.76. The second kappa shape index (κ2) is 7.80. The number of anilines is 1. The number of aryl methyl sites for hydroxylation is 1. The molecule has 1 aromatic heterocycles. The van der Waals surface area contributed by atoms with Gasteiger partial charge in [0, 0.05) is 31.9 Å². The predicted molar refractivity (Wildman–Crippen MR) is 108 cm³/mol. The van der Waals surface area contributed by atoms with Gasteiger partial charge >= 0.3 is 6.03 Å². The zero-order chi connectivity index (χ0) is 18.6. The molecule has 3 aromatic rings. The van der Waals surface area contributed by atoms with Crippen molar-refractivity contribution >= 4 is 22.8 Å². The van der Waals surface area contributed by atoms with E-state index in [1.165, 1.54) is 5.52 Å². The molecule has 0 radical (unpaired) electrons. The fourth-order valence-electron chi connectivity index (χ4n) is 3.65. The third-order valence-corrected chi connectivity index (χ3v) is 5.20. The topological polar surface area (TPSA) is 62.2 Å². The van der Waals surface area contributed by atoms with Crippen molar-refractivity contribution in [3.8, 4) is 0 Å². The number of piperidine rings is 1. The van der Waals surface area contributed by atoms with Gasteiger partial charge in [-0.25, -0.2) is 9.78 Å². The first-order chi connectivity index (χ1) is 13.2. The third-order valence-electron chi connectivity index (χ3n) is 5.20. The molecule has 6 heteroatoms. The van der Waals surface area contributed by atoms with Crippen LogP contribution in [0.3, 0.4) is 0 Å². The molecule has 1 saturated heterocycles. The van der Waals surface area contributed by atoms with E-state index in [4.69, 9.17) is 4.98 Å². The molecular formula is C21H25N5O. The van der Waals surface area contributed by atoms with Gasteiger partial charge in [-0.15, -0.1) is 0 Å². The maximum Gasteiger partial charge on any atom is 0.319 e. The van der Waals surface area contributed by atoms with Gasteiger partial charge in [0.25, 0.3) is 0 Å². The molecule has 140 valence electrons. The number of likely N-dealkylation sites (tertiary alicyclic amines) is 1. The molecule has 0 bridgehead atoms. The summed E-state index contributed by atoms with van der Waals surface area (Å²) in [4.78, 5) is 19.3. The van der Waals surface area contributed by atoms with Gasteiger partial charge in [0.2, 0.25) is 0 Å². The number of fused-ring (bicyclic) bond motifs is 1. The minimum atomic E-state index is -0.130. The number of benzene rings is 2. The molecule has 2 heterocycles. The number of carbonyl (C=O) groups excluding carboxylic acids is 1. The molecule has 2 aromatic carbocycles. The number of imidazole rings is 1. The largest absolute Gasteiger partial charge is 0.335 e. The van der Waals surface area contributed by atoms with Crippen LogP contribution in [0, 0.1) is 0 Å². The van der Waals surface area contributed by atoms with E-state index in [1.807, 2.05) is 42.5 Å². The van der Waals surface area contributed by atoms with Crippen LogP contribution in [-0.2, 0) is 13.6 Å². The van der Waals surface area contributed by atoms with Crippen molar-refractivity contribution in [2.45, 2.75) is 25.4 Å². The summed E-state index contributed by atoms with van der Waals surface area (Å²) in [5.41, 5.74) is 3.03. The standard InChI is InChI=1S/C21H25N5O/c1-25-19-10-6-5-9-18(19)24-20(25)15-26-13-11-17(12-14-26)23-21(27)22-16-7-3-2-4-8-16/h2-10,17H,11-15H2,1H3,(H2,22,23,27). The van der Waals surface area contributed by atoms with Gasteiger partial charge in [0.1, 0.15) is 5.82 Å². The summed E-state index contributed by atoms with van der Waals surface area (Å²) in [5.74, 6) is 1.09. The Morgan fingerprint density at radius 3 is 2.52 bits per heavy atom. The Morgan fingerprint density at radius 1 is 1.07 bits per heavy atom. The Kier molecular flexibility index (Phi) is 5.07. The first-order valence-electron chi connectivity index (χ1n) is 9.44. The summed E-state index contributed by atoms with van der Waals surface area (Å²) in [5, 5.41) is 5.97. The number of rotatable bonds is 4. The van der Waals surface area contributed by atoms with Crippen LogP contribution < -0.4 is 10.6 Å². The zero-order valence-electron chi connectivity index (χ0n) is 15.6. The highest BCUT2D eigenvalue weighted by Gasteiger charge is 2.22. The Morgan fingerprint density at radius 2 is 1.78 bits per heavy atom. The second-order valence-corrected chi connectivity index (χ2v) is 7.09. The van der Waals surface area contributed by atoms with E-state index in [-0.39, 0.29) is 12.1 Å². The summed E-state index contributed by atoms with van der Waals surface area (Å²) >= 11 is 0. The molecule has 0 saturated carbocycles. The molecular weight excluding hydrogens is 338 g/mol. The molecule has 27 heavy (non-hydrogen) atoms. The van der Waals surface area contributed by atoms with E-state index in [0.717, 1.165) is 49.5 Å². The Hall–Kier alpha value is -2.86. The van der Waals surface area contributed by atoms with Crippen molar-refractivity contribution in [3.63, 3.8) is 0 Å². The number of aromatic nitrogens is 2. The Balaban J connectivity index is 1.28. The molecule has 0 atom stereocenters. The molecule has 1 aliphatic rings. The van der Waals surface area contributed by atoms with Crippen molar-refractivity contribution in [2.75, 3.05) is 18.4 Å². The maximum atomic E-state index is 12.1. The SMILES string of the molecule is Cn1c(CN2CCC(NC(=O)Nc3ccccc3)CC2)nc2ccccc21. The van der Waals surface area contributed by atoms with Crippen LogP contribution in [-0.4, -0.2) is 39.6 Å². The van der Waals surface area contributed by atoms with Crippen LogP contribution in [0.25, 0.3) is 11.0 Å². The van der Waals surface area contributed by atoms with Crippen molar-refractivity contribution in [1.82, 2.24) is 19.8 Å². The monoisotopic (exact) mass is 363 g/mol. The molecule has 0 spiro atoms.